The molecule has 0 radical (unpaired) electrons. The SMILES string of the molecule is COc1ncc2c(N3C[C@H](C)N[C@@H](C)C3)ccc(C(=O)Nc3cnn(CC(F)(F)F)c3)c2n1. The van der Waals surface area contributed by atoms with E-state index >= 15 is 0 Å². The van der Waals surface area contributed by atoms with Gasteiger partial charge in [-0.3, -0.25) is 9.48 Å². The van der Waals surface area contributed by atoms with Crippen LogP contribution in [0.1, 0.15) is 24.2 Å². The van der Waals surface area contributed by atoms with E-state index in [-0.39, 0.29) is 29.3 Å². The fraction of sp³-hybridized carbons (Fsp3) is 0.429. The number of fused-ring (bicyclic) bond motifs is 1. The van der Waals surface area contributed by atoms with E-state index in [0.29, 0.717) is 10.9 Å². The number of piperazine rings is 1. The summed E-state index contributed by atoms with van der Waals surface area (Å²) in [6.45, 7) is 4.51. The Hall–Kier alpha value is -3.41. The lowest BCUT2D eigenvalue weighted by molar-refractivity contribution is -0.142. The Morgan fingerprint density at radius 1 is 1.24 bits per heavy atom. The van der Waals surface area contributed by atoms with Gasteiger partial charge in [0.2, 0.25) is 0 Å². The van der Waals surface area contributed by atoms with Gasteiger partial charge in [-0.25, -0.2) is 4.98 Å². The quantitative estimate of drug-likeness (QED) is 0.601. The van der Waals surface area contributed by atoms with E-state index in [1.807, 2.05) is 6.07 Å². The zero-order valence-electron chi connectivity index (χ0n) is 18.3. The van der Waals surface area contributed by atoms with Gasteiger partial charge in [-0.1, -0.05) is 0 Å². The van der Waals surface area contributed by atoms with E-state index in [9.17, 15) is 18.0 Å². The van der Waals surface area contributed by atoms with E-state index in [1.165, 1.54) is 13.3 Å². The summed E-state index contributed by atoms with van der Waals surface area (Å²) in [5.41, 5.74) is 1.67. The van der Waals surface area contributed by atoms with Gasteiger partial charge in [0.15, 0.2) is 0 Å². The average Bonchev–Trinajstić information content (AvgIpc) is 3.16. The standard InChI is InChI=1S/C21H24F3N7O2/c1-12-8-30(9-13(2)27-12)17-5-4-15(18-16(17)7-25-20(29-18)33-3)19(32)28-14-6-26-31(10-14)11-21(22,23)24/h4-7,10,12-13,27H,8-9,11H2,1-3H3,(H,28,32)/t12-,13-/m0/s1. The number of alkyl halides is 3. The number of hydrogen-bond acceptors (Lipinski definition) is 7. The third kappa shape index (κ3) is 5.16. The van der Waals surface area contributed by atoms with Crippen LogP contribution in [-0.4, -0.2) is 64.1 Å². The van der Waals surface area contributed by atoms with Gasteiger partial charge in [0.1, 0.15) is 6.54 Å². The molecule has 0 saturated carbocycles. The number of carbonyl (C=O) groups excluding carboxylic acids is 1. The zero-order chi connectivity index (χ0) is 23.8. The molecule has 2 N–H and O–H groups in total. The van der Waals surface area contributed by atoms with Gasteiger partial charge in [0.25, 0.3) is 5.91 Å². The van der Waals surface area contributed by atoms with Crippen LogP contribution in [0, 0.1) is 0 Å². The first-order chi connectivity index (χ1) is 15.6. The smallest absolute Gasteiger partial charge is 0.408 e. The maximum atomic E-state index is 13.0. The van der Waals surface area contributed by atoms with Gasteiger partial charge in [-0.05, 0) is 26.0 Å². The lowest BCUT2D eigenvalue weighted by Gasteiger charge is -2.38. The van der Waals surface area contributed by atoms with Crippen molar-refractivity contribution in [1.82, 2.24) is 25.1 Å². The molecule has 1 saturated heterocycles. The van der Waals surface area contributed by atoms with Crippen molar-refractivity contribution < 1.29 is 22.7 Å². The molecule has 9 nitrogen and oxygen atoms in total. The highest BCUT2D eigenvalue weighted by Gasteiger charge is 2.29. The number of ether oxygens (including phenoxy) is 1. The maximum absolute atomic E-state index is 13.0. The number of nitrogens with one attached hydrogen (secondary N) is 2. The van der Waals surface area contributed by atoms with Crippen LogP contribution in [0.2, 0.25) is 0 Å². The summed E-state index contributed by atoms with van der Waals surface area (Å²) in [5.74, 6) is -0.527. The first-order valence-corrected chi connectivity index (χ1v) is 10.4. The van der Waals surface area contributed by atoms with Crippen LogP contribution in [0.15, 0.2) is 30.7 Å². The van der Waals surface area contributed by atoms with Gasteiger partial charge in [-0.15, -0.1) is 0 Å². The number of rotatable bonds is 5. The summed E-state index contributed by atoms with van der Waals surface area (Å²) in [5, 5.41) is 10.4. The first-order valence-electron chi connectivity index (χ1n) is 10.4. The minimum Gasteiger partial charge on any atom is -0.467 e. The van der Waals surface area contributed by atoms with Crippen LogP contribution in [0.3, 0.4) is 0 Å². The summed E-state index contributed by atoms with van der Waals surface area (Å²) in [4.78, 5) is 23.8. The minimum atomic E-state index is -4.41. The second-order valence-electron chi connectivity index (χ2n) is 8.12. The number of methoxy groups -OCH3 is 1. The Kier molecular flexibility index (Phi) is 6.11. The lowest BCUT2D eigenvalue weighted by atomic mass is 10.0. The van der Waals surface area contributed by atoms with Gasteiger partial charge in [0.05, 0.1) is 30.1 Å². The summed E-state index contributed by atoms with van der Waals surface area (Å²) in [7, 11) is 1.43. The summed E-state index contributed by atoms with van der Waals surface area (Å²) >= 11 is 0. The van der Waals surface area contributed by atoms with Gasteiger partial charge < -0.3 is 20.3 Å². The van der Waals surface area contributed by atoms with E-state index in [1.54, 1.807) is 12.3 Å². The van der Waals surface area contributed by atoms with Gasteiger partial charge in [0, 0.05) is 48.6 Å². The highest BCUT2D eigenvalue weighted by Crippen LogP contribution is 2.31. The Labute approximate surface area is 187 Å². The van der Waals surface area contributed by atoms with Gasteiger partial charge >= 0.3 is 12.2 Å². The maximum Gasteiger partial charge on any atom is 0.408 e. The van der Waals surface area contributed by atoms with Crippen molar-refractivity contribution in [2.24, 2.45) is 0 Å². The molecular weight excluding hydrogens is 439 g/mol. The predicted octanol–water partition coefficient (Wildman–Crippen LogP) is 2.84. The molecule has 1 amide bonds. The Bertz CT molecular complexity index is 1150. The Morgan fingerprint density at radius 3 is 2.64 bits per heavy atom. The second kappa shape index (κ2) is 8.85. The van der Waals surface area contributed by atoms with E-state index in [0.717, 1.165) is 29.7 Å². The Balaban J connectivity index is 1.67. The van der Waals surface area contributed by atoms with Crippen LogP contribution in [0.5, 0.6) is 6.01 Å². The molecule has 33 heavy (non-hydrogen) atoms. The van der Waals surface area contributed by atoms with Gasteiger partial charge in [-0.2, -0.15) is 23.3 Å². The molecule has 1 aliphatic heterocycles. The molecule has 12 heteroatoms. The van der Waals surface area contributed by atoms with Crippen molar-refractivity contribution >= 4 is 28.2 Å². The topological polar surface area (TPSA) is 97.2 Å². The number of nitrogens with zero attached hydrogens (tertiary/aromatic N) is 5. The number of aromatic nitrogens is 4. The second-order valence-corrected chi connectivity index (χ2v) is 8.12. The number of halogens is 3. The summed E-state index contributed by atoms with van der Waals surface area (Å²) in [6, 6.07) is 4.15. The van der Waals surface area contributed by atoms with Crippen molar-refractivity contribution in [2.45, 2.75) is 38.7 Å². The van der Waals surface area contributed by atoms with Crippen LogP contribution in [-0.2, 0) is 6.54 Å². The molecule has 1 aliphatic rings. The van der Waals surface area contributed by atoms with Crippen LogP contribution in [0.4, 0.5) is 24.5 Å². The fourth-order valence-corrected chi connectivity index (χ4v) is 4.07. The van der Waals surface area contributed by atoms with Crippen molar-refractivity contribution in [3.8, 4) is 6.01 Å². The molecule has 1 aromatic carbocycles. The lowest BCUT2D eigenvalue weighted by Crippen LogP contribution is -2.54. The normalized spacial score (nSPS) is 19.0. The van der Waals surface area contributed by atoms with Crippen molar-refractivity contribution in [3.05, 3.63) is 36.3 Å². The largest absolute Gasteiger partial charge is 0.467 e. The first kappa shape index (κ1) is 22.8. The van der Waals surface area contributed by atoms with E-state index in [4.69, 9.17) is 4.74 Å². The molecule has 1 fully saturated rings. The third-order valence-electron chi connectivity index (χ3n) is 5.26. The number of amides is 1. The predicted molar refractivity (Wildman–Crippen MR) is 117 cm³/mol. The number of hydrogen-bond donors (Lipinski definition) is 2. The fourth-order valence-electron chi connectivity index (χ4n) is 4.07. The monoisotopic (exact) mass is 463 g/mol. The Morgan fingerprint density at radius 2 is 1.97 bits per heavy atom. The van der Waals surface area contributed by atoms with Crippen molar-refractivity contribution in [3.63, 3.8) is 0 Å². The molecule has 4 rings (SSSR count). The summed E-state index contributed by atoms with van der Waals surface area (Å²) in [6.07, 6.45) is -0.502. The highest BCUT2D eigenvalue weighted by molar-refractivity contribution is 6.13. The molecule has 176 valence electrons. The minimum absolute atomic E-state index is 0.105. The molecule has 2 aromatic heterocycles. The number of anilines is 2. The molecular formula is C21H24F3N7O2. The van der Waals surface area contributed by atoms with E-state index in [2.05, 4.69) is 44.4 Å². The number of carbonyl (C=O) groups is 1. The van der Waals surface area contributed by atoms with Crippen molar-refractivity contribution in [2.75, 3.05) is 30.4 Å². The van der Waals surface area contributed by atoms with E-state index < -0.39 is 18.6 Å². The molecule has 0 unspecified atom stereocenters. The highest BCUT2D eigenvalue weighted by atomic mass is 19.4. The number of benzene rings is 1. The molecule has 0 bridgehead atoms. The van der Waals surface area contributed by atoms with Crippen molar-refractivity contribution in [1.29, 1.82) is 0 Å². The summed E-state index contributed by atoms with van der Waals surface area (Å²) < 4.78 is 43.6. The van der Waals surface area contributed by atoms with Crippen LogP contribution in [0.25, 0.3) is 10.9 Å². The third-order valence-corrected chi connectivity index (χ3v) is 5.26. The average molecular weight is 463 g/mol. The molecule has 2 atom stereocenters. The van der Waals surface area contributed by atoms with Crippen LogP contribution >= 0.6 is 0 Å². The molecule has 3 aromatic rings. The zero-order valence-corrected chi connectivity index (χ0v) is 18.3. The molecule has 0 aliphatic carbocycles. The molecule has 0 spiro atoms. The van der Waals surface area contributed by atoms with Crippen LogP contribution < -0.4 is 20.3 Å². The molecule has 3 heterocycles.